The second kappa shape index (κ2) is 8.02. The van der Waals surface area contributed by atoms with Crippen LogP contribution in [0, 0.1) is 0 Å². The third kappa shape index (κ3) is 5.09. The van der Waals surface area contributed by atoms with Crippen molar-refractivity contribution in [2.75, 3.05) is 13.2 Å². The van der Waals surface area contributed by atoms with Crippen LogP contribution in [0.25, 0.3) is 6.08 Å². The van der Waals surface area contributed by atoms with Crippen LogP contribution in [0.4, 0.5) is 0 Å². The van der Waals surface area contributed by atoms with E-state index in [1.807, 2.05) is 50.6 Å². The molecule has 1 aromatic carbocycles. The first kappa shape index (κ1) is 15.8. The Kier molecular flexibility index (Phi) is 5.77. The summed E-state index contributed by atoms with van der Waals surface area (Å²) in [6.07, 6.45) is 7.86. The molecule has 5 heteroatoms. The Morgan fingerprint density at radius 2 is 2.14 bits per heavy atom. The van der Waals surface area contributed by atoms with Crippen molar-refractivity contribution in [3.05, 3.63) is 53.9 Å². The molecule has 0 saturated heterocycles. The zero-order valence-corrected chi connectivity index (χ0v) is 13.0. The Bertz CT molecular complexity index is 630. The molecule has 0 atom stereocenters. The lowest BCUT2D eigenvalue weighted by molar-refractivity contribution is -0.116. The molecule has 0 radical (unpaired) electrons. The highest BCUT2D eigenvalue weighted by molar-refractivity contribution is 5.91. The van der Waals surface area contributed by atoms with E-state index in [1.54, 1.807) is 16.8 Å². The second-order valence-electron chi connectivity index (χ2n) is 4.90. The van der Waals surface area contributed by atoms with Crippen molar-refractivity contribution in [1.29, 1.82) is 0 Å². The van der Waals surface area contributed by atoms with Crippen LogP contribution in [0.1, 0.15) is 18.1 Å². The third-order valence-electron chi connectivity index (χ3n) is 3.09. The van der Waals surface area contributed by atoms with Crippen LogP contribution in [0.15, 0.2) is 42.7 Å². The molecule has 1 aromatic heterocycles. The van der Waals surface area contributed by atoms with Crippen molar-refractivity contribution in [2.45, 2.75) is 13.3 Å². The van der Waals surface area contributed by atoms with Gasteiger partial charge in [0.05, 0.1) is 12.8 Å². The van der Waals surface area contributed by atoms with Crippen LogP contribution in [0.5, 0.6) is 5.75 Å². The molecule has 22 heavy (non-hydrogen) atoms. The van der Waals surface area contributed by atoms with Gasteiger partial charge >= 0.3 is 0 Å². The number of aryl methyl sites for hydroxylation is 1. The molecule has 0 aliphatic rings. The van der Waals surface area contributed by atoms with Crippen molar-refractivity contribution in [2.24, 2.45) is 7.05 Å². The van der Waals surface area contributed by atoms with Crippen LogP contribution in [-0.4, -0.2) is 28.8 Å². The summed E-state index contributed by atoms with van der Waals surface area (Å²) >= 11 is 0. The minimum Gasteiger partial charge on any atom is -0.494 e. The van der Waals surface area contributed by atoms with E-state index in [0.29, 0.717) is 13.2 Å². The minimum atomic E-state index is -0.0993. The van der Waals surface area contributed by atoms with Gasteiger partial charge in [-0.1, -0.05) is 12.1 Å². The van der Waals surface area contributed by atoms with Gasteiger partial charge in [-0.05, 0) is 42.7 Å². The lowest BCUT2D eigenvalue weighted by Gasteiger charge is -2.02. The van der Waals surface area contributed by atoms with E-state index in [4.69, 9.17) is 4.74 Å². The molecule has 1 N–H and O–H groups in total. The van der Waals surface area contributed by atoms with E-state index in [-0.39, 0.29) is 5.91 Å². The molecule has 0 bridgehead atoms. The molecule has 5 nitrogen and oxygen atoms in total. The highest BCUT2D eigenvalue weighted by Gasteiger charge is 1.98. The van der Waals surface area contributed by atoms with Crippen molar-refractivity contribution < 1.29 is 9.53 Å². The van der Waals surface area contributed by atoms with E-state index in [0.717, 1.165) is 23.3 Å². The average molecular weight is 299 g/mol. The van der Waals surface area contributed by atoms with Gasteiger partial charge in [0.2, 0.25) is 5.91 Å². The van der Waals surface area contributed by atoms with Crippen molar-refractivity contribution in [3.8, 4) is 5.75 Å². The fraction of sp³-hybridized carbons (Fsp3) is 0.294. The van der Waals surface area contributed by atoms with Crippen LogP contribution in [-0.2, 0) is 18.3 Å². The first-order valence-corrected chi connectivity index (χ1v) is 7.33. The fourth-order valence-electron chi connectivity index (χ4n) is 2.00. The zero-order valence-electron chi connectivity index (χ0n) is 13.0. The van der Waals surface area contributed by atoms with E-state index < -0.39 is 0 Å². The molecule has 0 aliphatic heterocycles. The normalized spacial score (nSPS) is 10.8. The molecule has 0 aliphatic carbocycles. The lowest BCUT2D eigenvalue weighted by Crippen LogP contribution is -2.23. The number of benzene rings is 1. The predicted octanol–water partition coefficient (Wildman–Crippen LogP) is 2.19. The van der Waals surface area contributed by atoms with E-state index in [1.165, 1.54) is 0 Å². The van der Waals surface area contributed by atoms with Crippen LogP contribution in [0.3, 0.4) is 0 Å². The van der Waals surface area contributed by atoms with Crippen molar-refractivity contribution in [1.82, 2.24) is 15.1 Å². The number of amides is 1. The number of carbonyl (C=O) groups is 1. The van der Waals surface area contributed by atoms with Gasteiger partial charge in [0, 0.05) is 25.9 Å². The van der Waals surface area contributed by atoms with E-state index >= 15 is 0 Å². The van der Waals surface area contributed by atoms with Gasteiger partial charge < -0.3 is 10.1 Å². The first-order valence-electron chi connectivity index (χ1n) is 7.33. The molecule has 2 rings (SSSR count). The molecule has 0 fully saturated rings. The fourth-order valence-corrected chi connectivity index (χ4v) is 2.00. The largest absolute Gasteiger partial charge is 0.494 e. The maximum absolute atomic E-state index is 11.7. The van der Waals surface area contributed by atoms with E-state index in [9.17, 15) is 4.79 Å². The first-order chi connectivity index (χ1) is 10.7. The molecule has 116 valence electrons. The molecule has 0 saturated carbocycles. The molecule has 1 heterocycles. The number of carbonyl (C=O) groups excluding carboxylic acids is 1. The number of hydrogen-bond donors (Lipinski definition) is 1. The summed E-state index contributed by atoms with van der Waals surface area (Å²) in [6, 6.07) is 7.63. The Morgan fingerprint density at radius 1 is 1.36 bits per heavy atom. The molecular formula is C17H21N3O2. The van der Waals surface area contributed by atoms with Crippen LogP contribution < -0.4 is 10.1 Å². The summed E-state index contributed by atoms with van der Waals surface area (Å²) in [7, 11) is 1.88. The monoisotopic (exact) mass is 299 g/mol. The van der Waals surface area contributed by atoms with Gasteiger partial charge in [-0.15, -0.1) is 0 Å². The van der Waals surface area contributed by atoms with Gasteiger partial charge in [0.1, 0.15) is 5.75 Å². The second-order valence-corrected chi connectivity index (χ2v) is 4.90. The summed E-state index contributed by atoms with van der Waals surface area (Å²) in [4.78, 5) is 11.7. The van der Waals surface area contributed by atoms with Gasteiger partial charge in [-0.3, -0.25) is 9.48 Å². The number of rotatable bonds is 7. The molecule has 0 spiro atoms. The summed E-state index contributed by atoms with van der Waals surface area (Å²) in [5.41, 5.74) is 2.07. The number of hydrogen-bond acceptors (Lipinski definition) is 3. The summed E-state index contributed by atoms with van der Waals surface area (Å²) in [6.45, 7) is 3.19. The zero-order chi connectivity index (χ0) is 15.8. The van der Waals surface area contributed by atoms with E-state index in [2.05, 4.69) is 10.4 Å². The molecule has 0 unspecified atom stereocenters. The number of nitrogens with zero attached hydrogens (tertiary/aromatic N) is 2. The standard InChI is InChI=1S/C17H21N3O2/c1-3-22-16-7-4-14(5-8-16)6-9-17(21)18-11-10-15-12-19-20(2)13-15/h4-9,12-13H,3,10-11H2,1-2H3,(H,18,21). The smallest absolute Gasteiger partial charge is 0.244 e. The van der Waals surface area contributed by atoms with Crippen LogP contribution >= 0.6 is 0 Å². The quantitative estimate of drug-likeness (QED) is 0.797. The minimum absolute atomic E-state index is 0.0993. The Labute approximate surface area is 130 Å². The van der Waals surface area contributed by atoms with Gasteiger partial charge in [0.25, 0.3) is 0 Å². The molecule has 2 aromatic rings. The van der Waals surface area contributed by atoms with Gasteiger partial charge in [-0.25, -0.2) is 0 Å². The summed E-state index contributed by atoms with van der Waals surface area (Å²) in [5.74, 6) is 0.735. The third-order valence-corrected chi connectivity index (χ3v) is 3.09. The summed E-state index contributed by atoms with van der Waals surface area (Å²) in [5, 5.41) is 6.95. The maximum atomic E-state index is 11.7. The highest BCUT2D eigenvalue weighted by Crippen LogP contribution is 2.12. The number of ether oxygens (including phenoxy) is 1. The summed E-state index contributed by atoms with van der Waals surface area (Å²) < 4.78 is 7.13. The van der Waals surface area contributed by atoms with Crippen LogP contribution in [0.2, 0.25) is 0 Å². The van der Waals surface area contributed by atoms with Gasteiger partial charge in [0.15, 0.2) is 0 Å². The highest BCUT2D eigenvalue weighted by atomic mass is 16.5. The SMILES string of the molecule is CCOc1ccc(C=CC(=O)NCCc2cnn(C)c2)cc1. The Hall–Kier alpha value is -2.56. The molecular weight excluding hydrogens is 278 g/mol. The topological polar surface area (TPSA) is 56.1 Å². The number of nitrogens with one attached hydrogen (secondary N) is 1. The number of aromatic nitrogens is 2. The van der Waals surface area contributed by atoms with Gasteiger partial charge in [-0.2, -0.15) is 5.10 Å². The van der Waals surface area contributed by atoms with Crippen molar-refractivity contribution >= 4 is 12.0 Å². The Balaban J connectivity index is 1.75. The van der Waals surface area contributed by atoms with Crippen molar-refractivity contribution in [3.63, 3.8) is 0 Å². The molecule has 1 amide bonds. The predicted molar refractivity (Wildman–Crippen MR) is 86.6 cm³/mol. The Morgan fingerprint density at radius 3 is 2.77 bits per heavy atom. The average Bonchev–Trinajstić information content (AvgIpc) is 2.92. The lowest BCUT2D eigenvalue weighted by atomic mass is 10.2. The maximum Gasteiger partial charge on any atom is 0.244 e.